The number of carbonyl (C=O) groups excluding carboxylic acids is 1. The highest BCUT2D eigenvalue weighted by Crippen LogP contribution is 2.34. The highest BCUT2D eigenvalue weighted by atomic mass is 16.5. The zero-order valence-electron chi connectivity index (χ0n) is 14.7. The second-order valence-corrected chi connectivity index (χ2v) is 6.39. The molecule has 3 aromatic rings. The van der Waals surface area contributed by atoms with Crippen LogP contribution in [0.15, 0.2) is 55.2 Å². The van der Waals surface area contributed by atoms with E-state index in [-0.39, 0.29) is 24.5 Å². The topological polar surface area (TPSA) is 108 Å². The smallest absolute Gasteiger partial charge is 0.226 e. The number of carbonyl (C=O) groups is 1. The summed E-state index contributed by atoms with van der Waals surface area (Å²) in [7, 11) is 0. The van der Waals surface area contributed by atoms with Gasteiger partial charge in [0.1, 0.15) is 12.1 Å². The quantitative estimate of drug-likeness (QED) is 0.712. The molecule has 0 bridgehead atoms. The van der Waals surface area contributed by atoms with Gasteiger partial charge in [0, 0.05) is 36.7 Å². The van der Waals surface area contributed by atoms with Crippen molar-refractivity contribution in [2.24, 2.45) is 5.92 Å². The summed E-state index contributed by atoms with van der Waals surface area (Å²) in [5.74, 6) is 0.0196. The van der Waals surface area contributed by atoms with Gasteiger partial charge in [0.25, 0.3) is 0 Å². The number of nitrogens with two attached hydrogens (primary N) is 1. The molecule has 2 aromatic heterocycles. The van der Waals surface area contributed by atoms with Crippen LogP contribution in [0.25, 0.3) is 5.69 Å². The van der Waals surface area contributed by atoms with E-state index in [1.807, 2.05) is 36.5 Å². The number of benzene rings is 1. The number of hydrogen-bond acceptors (Lipinski definition) is 6. The summed E-state index contributed by atoms with van der Waals surface area (Å²) in [6, 6.07) is 9.82. The minimum absolute atomic E-state index is 0.0757. The summed E-state index contributed by atoms with van der Waals surface area (Å²) in [6.07, 6.45) is 7.00. The minimum atomic E-state index is -0.313. The molecular weight excluding hydrogens is 344 g/mol. The summed E-state index contributed by atoms with van der Waals surface area (Å²) in [6.45, 7) is 0.827. The fraction of sp³-hybridized carbons (Fsp3) is 0.263. The summed E-state index contributed by atoms with van der Waals surface area (Å²) in [4.78, 5) is 20.6. The van der Waals surface area contributed by atoms with E-state index < -0.39 is 0 Å². The van der Waals surface area contributed by atoms with Crippen molar-refractivity contribution in [3.63, 3.8) is 0 Å². The van der Waals surface area contributed by atoms with Gasteiger partial charge in [-0.2, -0.15) is 5.10 Å². The fourth-order valence-corrected chi connectivity index (χ4v) is 3.21. The monoisotopic (exact) mass is 364 g/mol. The molecule has 8 nitrogen and oxygen atoms in total. The van der Waals surface area contributed by atoms with Crippen LogP contribution in [-0.2, 0) is 16.1 Å². The van der Waals surface area contributed by atoms with Crippen LogP contribution in [0.1, 0.15) is 23.7 Å². The number of ether oxygens (including phenoxy) is 1. The molecule has 3 heterocycles. The van der Waals surface area contributed by atoms with Gasteiger partial charge < -0.3 is 15.8 Å². The first kappa shape index (κ1) is 17.2. The number of anilines is 1. The summed E-state index contributed by atoms with van der Waals surface area (Å²) >= 11 is 0. The molecule has 8 heteroatoms. The Morgan fingerprint density at radius 1 is 1.30 bits per heavy atom. The van der Waals surface area contributed by atoms with Gasteiger partial charge in [0.05, 0.1) is 23.9 Å². The normalized spacial score (nSPS) is 19.1. The van der Waals surface area contributed by atoms with E-state index in [9.17, 15) is 4.79 Å². The van der Waals surface area contributed by atoms with E-state index in [0.717, 1.165) is 11.3 Å². The molecule has 1 fully saturated rings. The maximum atomic E-state index is 12.7. The lowest BCUT2D eigenvalue weighted by Crippen LogP contribution is -2.32. The maximum absolute atomic E-state index is 12.7. The van der Waals surface area contributed by atoms with Crippen LogP contribution < -0.4 is 11.1 Å². The van der Waals surface area contributed by atoms with Crippen molar-refractivity contribution in [3.8, 4) is 5.69 Å². The van der Waals surface area contributed by atoms with Crippen LogP contribution in [-0.4, -0.2) is 32.3 Å². The highest BCUT2D eigenvalue weighted by Gasteiger charge is 2.36. The van der Waals surface area contributed by atoms with E-state index in [1.54, 1.807) is 17.1 Å². The van der Waals surface area contributed by atoms with Crippen LogP contribution in [0.3, 0.4) is 0 Å². The standard InChI is InChI=1S/C19H20N6O2/c20-18-13(8-21-12-23-18)9-22-19(26)16-6-7-27-17(16)14-10-24-25(11-14)15-4-2-1-3-5-15/h1-5,8,10-12,16-17H,6-7,9H2,(H,22,26)(H2,20,21,23)/t16-,17+/m0/s1. The molecule has 3 N–H and O–H groups in total. The van der Waals surface area contributed by atoms with Gasteiger partial charge in [-0.25, -0.2) is 14.6 Å². The van der Waals surface area contributed by atoms with Crippen molar-refractivity contribution in [1.29, 1.82) is 0 Å². The molecule has 2 atom stereocenters. The van der Waals surface area contributed by atoms with Crippen molar-refractivity contribution in [2.75, 3.05) is 12.3 Å². The molecule has 0 saturated carbocycles. The molecular formula is C19H20N6O2. The Labute approximate surface area is 156 Å². The van der Waals surface area contributed by atoms with Gasteiger partial charge in [0.15, 0.2) is 0 Å². The van der Waals surface area contributed by atoms with Crippen molar-refractivity contribution in [2.45, 2.75) is 19.1 Å². The zero-order valence-corrected chi connectivity index (χ0v) is 14.7. The van der Waals surface area contributed by atoms with Crippen molar-refractivity contribution >= 4 is 11.7 Å². The zero-order chi connectivity index (χ0) is 18.6. The first-order valence-electron chi connectivity index (χ1n) is 8.76. The lowest BCUT2D eigenvalue weighted by molar-refractivity contribution is -0.126. The Kier molecular flexibility index (Phi) is 4.80. The Morgan fingerprint density at radius 2 is 2.15 bits per heavy atom. The van der Waals surface area contributed by atoms with Crippen LogP contribution in [0.5, 0.6) is 0 Å². The Hall–Kier alpha value is -3.26. The molecule has 1 amide bonds. The van der Waals surface area contributed by atoms with E-state index >= 15 is 0 Å². The first-order valence-corrected chi connectivity index (χ1v) is 8.76. The number of para-hydroxylation sites is 1. The van der Waals surface area contributed by atoms with E-state index in [1.165, 1.54) is 6.33 Å². The molecule has 1 aliphatic rings. The number of hydrogen-bond donors (Lipinski definition) is 2. The molecule has 1 saturated heterocycles. The summed E-state index contributed by atoms with van der Waals surface area (Å²) in [5, 5.41) is 7.32. The molecule has 4 rings (SSSR count). The third kappa shape index (κ3) is 3.65. The molecule has 1 aromatic carbocycles. The SMILES string of the molecule is Nc1ncncc1CNC(=O)[C@H]1CCO[C@@H]1c1cnn(-c2ccccc2)c1. The number of nitrogens with one attached hydrogen (secondary N) is 1. The lowest BCUT2D eigenvalue weighted by atomic mass is 9.96. The Morgan fingerprint density at radius 3 is 2.96 bits per heavy atom. The van der Waals surface area contributed by atoms with Gasteiger partial charge in [-0.15, -0.1) is 0 Å². The van der Waals surface area contributed by atoms with Gasteiger partial charge in [-0.1, -0.05) is 18.2 Å². The lowest BCUT2D eigenvalue weighted by Gasteiger charge is -2.17. The summed E-state index contributed by atoms with van der Waals surface area (Å²) in [5.41, 5.74) is 8.34. The van der Waals surface area contributed by atoms with Gasteiger partial charge in [-0.05, 0) is 18.6 Å². The van der Waals surface area contributed by atoms with Crippen LogP contribution >= 0.6 is 0 Å². The number of aromatic nitrogens is 4. The third-order valence-corrected chi connectivity index (χ3v) is 4.66. The van der Waals surface area contributed by atoms with E-state index in [2.05, 4.69) is 20.4 Å². The summed E-state index contributed by atoms with van der Waals surface area (Å²) < 4.78 is 7.62. The molecule has 1 aliphatic heterocycles. The maximum Gasteiger partial charge on any atom is 0.226 e. The molecule has 0 aliphatic carbocycles. The van der Waals surface area contributed by atoms with Crippen molar-refractivity contribution < 1.29 is 9.53 Å². The van der Waals surface area contributed by atoms with Crippen LogP contribution in [0.4, 0.5) is 5.82 Å². The highest BCUT2D eigenvalue weighted by molar-refractivity contribution is 5.79. The van der Waals surface area contributed by atoms with Gasteiger partial charge >= 0.3 is 0 Å². The van der Waals surface area contributed by atoms with Gasteiger partial charge in [0.2, 0.25) is 5.91 Å². The average molecular weight is 364 g/mol. The Balaban J connectivity index is 1.45. The van der Waals surface area contributed by atoms with Crippen molar-refractivity contribution in [1.82, 2.24) is 25.1 Å². The second-order valence-electron chi connectivity index (χ2n) is 6.39. The third-order valence-electron chi connectivity index (χ3n) is 4.66. The molecule has 0 radical (unpaired) electrons. The minimum Gasteiger partial charge on any atom is -0.383 e. The van der Waals surface area contributed by atoms with E-state index in [0.29, 0.717) is 24.4 Å². The fourth-order valence-electron chi connectivity index (χ4n) is 3.21. The number of rotatable bonds is 5. The second kappa shape index (κ2) is 7.55. The van der Waals surface area contributed by atoms with Crippen LogP contribution in [0, 0.1) is 5.92 Å². The van der Waals surface area contributed by atoms with Crippen molar-refractivity contribution in [3.05, 3.63) is 66.4 Å². The predicted octanol–water partition coefficient (Wildman–Crippen LogP) is 1.64. The number of nitrogen functional groups attached to an aromatic ring is 1. The Bertz CT molecular complexity index is 927. The predicted molar refractivity (Wildman–Crippen MR) is 98.7 cm³/mol. The largest absolute Gasteiger partial charge is 0.383 e. The number of nitrogens with zero attached hydrogens (tertiary/aromatic N) is 4. The van der Waals surface area contributed by atoms with Gasteiger partial charge in [-0.3, -0.25) is 4.79 Å². The van der Waals surface area contributed by atoms with E-state index in [4.69, 9.17) is 10.5 Å². The van der Waals surface area contributed by atoms with Crippen LogP contribution in [0.2, 0.25) is 0 Å². The first-order chi connectivity index (χ1) is 13.2. The molecule has 0 spiro atoms. The number of amides is 1. The molecule has 0 unspecified atom stereocenters. The molecule has 27 heavy (non-hydrogen) atoms. The molecule has 138 valence electrons. The average Bonchev–Trinajstić information content (AvgIpc) is 3.37.